The molecule has 1 aliphatic heterocycles. The van der Waals surface area contributed by atoms with Crippen LogP contribution in [0.15, 0.2) is 42.5 Å². The summed E-state index contributed by atoms with van der Waals surface area (Å²) in [6.07, 6.45) is 0. The first-order valence-electron chi connectivity index (χ1n) is 6.82. The summed E-state index contributed by atoms with van der Waals surface area (Å²) >= 11 is 0. The second-order valence-corrected chi connectivity index (χ2v) is 4.88. The van der Waals surface area contributed by atoms with Crippen molar-refractivity contribution < 1.29 is 19.1 Å². The maximum atomic E-state index is 12.5. The van der Waals surface area contributed by atoms with E-state index in [1.165, 1.54) is 6.07 Å². The third-order valence-corrected chi connectivity index (χ3v) is 3.33. The Kier molecular flexibility index (Phi) is 3.68. The molecule has 1 aliphatic rings. The van der Waals surface area contributed by atoms with Gasteiger partial charge >= 0.3 is 0 Å². The van der Waals surface area contributed by atoms with Gasteiger partial charge in [0.15, 0.2) is 6.61 Å². The van der Waals surface area contributed by atoms with Crippen LogP contribution >= 0.6 is 0 Å². The number of hydrogen-bond donors (Lipinski definition) is 3. The molecule has 23 heavy (non-hydrogen) atoms. The lowest BCUT2D eigenvalue weighted by atomic mass is 10.1. The Labute approximate surface area is 131 Å². The smallest absolute Gasteiger partial charge is 0.262 e. The van der Waals surface area contributed by atoms with Crippen molar-refractivity contribution in [2.24, 2.45) is 5.73 Å². The maximum Gasteiger partial charge on any atom is 0.262 e. The van der Waals surface area contributed by atoms with Crippen molar-refractivity contribution in [1.82, 2.24) is 0 Å². The molecule has 3 rings (SSSR count). The highest BCUT2D eigenvalue weighted by Gasteiger charge is 2.23. The van der Waals surface area contributed by atoms with Gasteiger partial charge in [-0.15, -0.1) is 0 Å². The van der Waals surface area contributed by atoms with Gasteiger partial charge in [-0.3, -0.25) is 14.4 Å². The lowest BCUT2D eigenvalue weighted by Crippen LogP contribution is -2.28. The van der Waals surface area contributed by atoms with E-state index in [0.29, 0.717) is 17.1 Å². The SMILES string of the molecule is NC(=O)c1ccccc1NC(=O)c1cccc2c1NC(=O)CO2. The van der Waals surface area contributed by atoms with Gasteiger partial charge in [0.2, 0.25) is 0 Å². The lowest BCUT2D eigenvalue weighted by molar-refractivity contribution is -0.118. The molecule has 2 aromatic rings. The van der Waals surface area contributed by atoms with Crippen LogP contribution in [0.5, 0.6) is 5.75 Å². The van der Waals surface area contributed by atoms with Crippen LogP contribution in [0.25, 0.3) is 0 Å². The average Bonchev–Trinajstić information content (AvgIpc) is 2.54. The first-order valence-corrected chi connectivity index (χ1v) is 6.82. The van der Waals surface area contributed by atoms with E-state index >= 15 is 0 Å². The first kappa shape index (κ1) is 14.6. The Bertz CT molecular complexity index is 817. The van der Waals surface area contributed by atoms with E-state index in [2.05, 4.69) is 10.6 Å². The van der Waals surface area contributed by atoms with E-state index in [1.807, 2.05) is 0 Å². The molecule has 0 aromatic heterocycles. The minimum absolute atomic E-state index is 0.0947. The highest BCUT2D eigenvalue weighted by Crippen LogP contribution is 2.31. The predicted molar refractivity (Wildman–Crippen MR) is 83.5 cm³/mol. The molecule has 7 heteroatoms. The summed E-state index contributed by atoms with van der Waals surface area (Å²) in [6.45, 7) is -0.0947. The normalized spacial score (nSPS) is 12.6. The fourth-order valence-electron chi connectivity index (χ4n) is 2.28. The minimum Gasteiger partial charge on any atom is -0.482 e. The number of primary amides is 1. The van der Waals surface area contributed by atoms with Crippen molar-refractivity contribution >= 4 is 29.1 Å². The number of para-hydroxylation sites is 2. The summed E-state index contributed by atoms with van der Waals surface area (Å²) in [5.74, 6) is -1.05. The molecule has 0 spiro atoms. The third kappa shape index (κ3) is 2.84. The number of fused-ring (bicyclic) bond motifs is 1. The monoisotopic (exact) mass is 311 g/mol. The number of anilines is 2. The fraction of sp³-hybridized carbons (Fsp3) is 0.0625. The van der Waals surface area contributed by atoms with Gasteiger partial charge in [-0.2, -0.15) is 0 Å². The van der Waals surface area contributed by atoms with Crippen LogP contribution in [0.2, 0.25) is 0 Å². The number of rotatable bonds is 3. The molecule has 2 aromatic carbocycles. The van der Waals surface area contributed by atoms with E-state index in [9.17, 15) is 14.4 Å². The van der Waals surface area contributed by atoms with Crippen LogP contribution in [-0.4, -0.2) is 24.3 Å². The summed E-state index contributed by atoms with van der Waals surface area (Å²) in [5, 5.41) is 5.24. The largest absolute Gasteiger partial charge is 0.482 e. The van der Waals surface area contributed by atoms with Crippen molar-refractivity contribution in [3.63, 3.8) is 0 Å². The van der Waals surface area contributed by atoms with Gasteiger partial charge in [0, 0.05) is 0 Å². The number of carbonyl (C=O) groups is 3. The van der Waals surface area contributed by atoms with Crippen molar-refractivity contribution in [2.45, 2.75) is 0 Å². The van der Waals surface area contributed by atoms with Gasteiger partial charge in [0.1, 0.15) is 5.75 Å². The second-order valence-electron chi connectivity index (χ2n) is 4.88. The van der Waals surface area contributed by atoms with Crippen LogP contribution < -0.4 is 21.1 Å². The fourth-order valence-corrected chi connectivity index (χ4v) is 2.28. The molecule has 4 N–H and O–H groups in total. The molecule has 3 amide bonds. The van der Waals surface area contributed by atoms with Gasteiger partial charge in [0.25, 0.3) is 17.7 Å². The van der Waals surface area contributed by atoms with E-state index < -0.39 is 11.8 Å². The summed E-state index contributed by atoms with van der Waals surface area (Å²) < 4.78 is 5.27. The molecule has 0 atom stereocenters. The standard InChI is InChI=1S/C16H13N3O4/c17-15(21)9-4-1-2-6-11(9)18-16(22)10-5-3-7-12-14(10)19-13(20)8-23-12/h1-7H,8H2,(H2,17,21)(H,18,22)(H,19,20). The van der Waals surface area contributed by atoms with Crippen LogP contribution in [0.3, 0.4) is 0 Å². The zero-order valence-electron chi connectivity index (χ0n) is 12.0. The number of amides is 3. The topological polar surface area (TPSA) is 111 Å². The van der Waals surface area contributed by atoms with Crippen molar-refractivity contribution in [2.75, 3.05) is 17.2 Å². The number of carbonyl (C=O) groups excluding carboxylic acids is 3. The lowest BCUT2D eigenvalue weighted by Gasteiger charge is -2.20. The maximum absolute atomic E-state index is 12.5. The van der Waals surface area contributed by atoms with Gasteiger partial charge in [-0.25, -0.2) is 0 Å². The minimum atomic E-state index is -0.646. The molecule has 0 bridgehead atoms. The summed E-state index contributed by atoms with van der Waals surface area (Å²) in [5.41, 5.74) is 6.32. The Hall–Kier alpha value is -3.35. The molecule has 0 aliphatic carbocycles. The summed E-state index contributed by atoms with van der Waals surface area (Å²) in [6, 6.07) is 11.3. The first-order chi connectivity index (χ1) is 11.1. The zero-order valence-corrected chi connectivity index (χ0v) is 12.0. The molecule has 0 saturated heterocycles. The predicted octanol–water partition coefficient (Wildman–Crippen LogP) is 1.37. The van der Waals surface area contributed by atoms with Crippen LogP contribution in [-0.2, 0) is 4.79 Å². The van der Waals surface area contributed by atoms with Crippen molar-refractivity contribution in [1.29, 1.82) is 0 Å². The Balaban J connectivity index is 1.94. The quantitative estimate of drug-likeness (QED) is 0.795. The van der Waals surface area contributed by atoms with Crippen LogP contribution in [0, 0.1) is 0 Å². The van der Waals surface area contributed by atoms with Crippen molar-refractivity contribution in [3.8, 4) is 5.75 Å². The van der Waals surface area contributed by atoms with Gasteiger partial charge in [-0.1, -0.05) is 18.2 Å². The van der Waals surface area contributed by atoms with Crippen molar-refractivity contribution in [3.05, 3.63) is 53.6 Å². The van der Waals surface area contributed by atoms with Gasteiger partial charge in [0.05, 0.1) is 22.5 Å². The zero-order chi connectivity index (χ0) is 16.4. The molecule has 0 fully saturated rings. The van der Waals surface area contributed by atoms with E-state index in [0.717, 1.165) is 0 Å². The number of hydrogen-bond acceptors (Lipinski definition) is 4. The van der Waals surface area contributed by atoms with Crippen LogP contribution in [0.1, 0.15) is 20.7 Å². The molecule has 0 unspecified atom stereocenters. The molecule has 7 nitrogen and oxygen atoms in total. The van der Waals surface area contributed by atoms with E-state index in [4.69, 9.17) is 10.5 Å². The Morgan fingerprint density at radius 1 is 1.09 bits per heavy atom. The number of benzene rings is 2. The Morgan fingerprint density at radius 3 is 2.61 bits per heavy atom. The molecule has 116 valence electrons. The summed E-state index contributed by atoms with van der Waals surface area (Å²) in [7, 11) is 0. The van der Waals surface area contributed by atoms with Crippen LogP contribution in [0.4, 0.5) is 11.4 Å². The molecule has 0 radical (unpaired) electrons. The summed E-state index contributed by atoms with van der Waals surface area (Å²) in [4.78, 5) is 35.4. The highest BCUT2D eigenvalue weighted by atomic mass is 16.5. The third-order valence-electron chi connectivity index (χ3n) is 3.33. The molecular weight excluding hydrogens is 298 g/mol. The molecule has 1 heterocycles. The second kappa shape index (κ2) is 5.80. The van der Waals surface area contributed by atoms with Gasteiger partial charge < -0.3 is 21.1 Å². The number of ether oxygens (including phenoxy) is 1. The number of nitrogens with two attached hydrogens (primary N) is 1. The van der Waals surface area contributed by atoms with Gasteiger partial charge in [-0.05, 0) is 24.3 Å². The van der Waals surface area contributed by atoms with E-state index in [1.54, 1.807) is 36.4 Å². The average molecular weight is 311 g/mol. The number of nitrogens with one attached hydrogen (secondary N) is 2. The molecule has 0 saturated carbocycles. The molecular formula is C16H13N3O4. The highest BCUT2D eigenvalue weighted by molar-refractivity contribution is 6.13. The Morgan fingerprint density at radius 2 is 1.83 bits per heavy atom. The van der Waals surface area contributed by atoms with E-state index in [-0.39, 0.29) is 23.6 Å².